The molecule has 2 aromatic carbocycles. The lowest BCUT2D eigenvalue weighted by Gasteiger charge is -2.24. The number of fused-ring (bicyclic) bond motifs is 1. The zero-order valence-electron chi connectivity index (χ0n) is 11.8. The number of nitrogens with zero attached hydrogens (tertiary/aromatic N) is 4. The largest absolute Gasteiger partial charge is 0.323 e. The highest BCUT2D eigenvalue weighted by Gasteiger charge is 2.26. The van der Waals surface area contributed by atoms with Crippen molar-refractivity contribution < 1.29 is 0 Å². The first-order valence-corrected chi connectivity index (χ1v) is 7.75. The summed E-state index contributed by atoms with van der Waals surface area (Å²) in [6.45, 7) is 0. The Balaban J connectivity index is 1.87. The third-order valence-electron chi connectivity index (χ3n) is 3.71. The molecule has 1 aromatic heterocycles. The number of allylic oxidation sites excluding steroid dienone is 1. The minimum atomic E-state index is -0.234. The van der Waals surface area contributed by atoms with Gasteiger partial charge in [0.25, 0.3) is 0 Å². The summed E-state index contributed by atoms with van der Waals surface area (Å²) in [5, 5.41) is 16.1. The number of tetrazole rings is 1. The Hall–Kier alpha value is -2.37. The van der Waals surface area contributed by atoms with E-state index in [0.29, 0.717) is 16.0 Å². The van der Waals surface area contributed by atoms with Gasteiger partial charge in [-0.15, -0.1) is 0 Å². The maximum atomic E-state index is 6.39. The van der Waals surface area contributed by atoms with Gasteiger partial charge in [0.2, 0.25) is 5.95 Å². The van der Waals surface area contributed by atoms with E-state index in [1.807, 2.05) is 48.5 Å². The van der Waals surface area contributed by atoms with Crippen LogP contribution < -0.4 is 5.32 Å². The van der Waals surface area contributed by atoms with Gasteiger partial charge in [0.15, 0.2) is 0 Å². The van der Waals surface area contributed by atoms with E-state index in [-0.39, 0.29) is 6.04 Å². The molecule has 0 saturated carbocycles. The summed E-state index contributed by atoms with van der Waals surface area (Å²) in [6.07, 6.45) is 2.04. The predicted octanol–water partition coefficient (Wildman–Crippen LogP) is 4.04. The molecule has 0 radical (unpaired) electrons. The highest BCUT2D eigenvalue weighted by atomic mass is 35.5. The van der Waals surface area contributed by atoms with Crippen molar-refractivity contribution in [2.24, 2.45) is 0 Å². The Morgan fingerprint density at radius 1 is 1.00 bits per heavy atom. The van der Waals surface area contributed by atoms with E-state index in [9.17, 15) is 0 Å². The molecular weight excluding hydrogens is 333 g/mol. The van der Waals surface area contributed by atoms with Crippen LogP contribution in [-0.2, 0) is 0 Å². The first kappa shape index (κ1) is 14.2. The highest BCUT2D eigenvalue weighted by molar-refractivity contribution is 6.42. The van der Waals surface area contributed by atoms with Crippen molar-refractivity contribution in [1.82, 2.24) is 20.2 Å². The monoisotopic (exact) mass is 343 g/mol. The topological polar surface area (TPSA) is 55.6 Å². The molecule has 7 heteroatoms. The second kappa shape index (κ2) is 5.68. The molecule has 2 heterocycles. The molecule has 0 fully saturated rings. The van der Waals surface area contributed by atoms with Gasteiger partial charge in [0, 0.05) is 11.3 Å². The number of hydrogen-bond acceptors (Lipinski definition) is 4. The van der Waals surface area contributed by atoms with Crippen LogP contribution in [0.4, 0.5) is 5.95 Å². The molecule has 1 N–H and O–H groups in total. The molecule has 0 unspecified atom stereocenters. The molecule has 1 aliphatic rings. The van der Waals surface area contributed by atoms with Crippen LogP contribution in [0.5, 0.6) is 0 Å². The predicted molar refractivity (Wildman–Crippen MR) is 90.5 cm³/mol. The number of nitrogens with one attached hydrogen (secondary N) is 1. The molecule has 1 atom stereocenters. The van der Waals surface area contributed by atoms with E-state index in [4.69, 9.17) is 23.2 Å². The Morgan fingerprint density at radius 3 is 2.65 bits per heavy atom. The molecular formula is C16H11Cl2N5. The van der Waals surface area contributed by atoms with Gasteiger partial charge in [-0.2, -0.15) is 4.68 Å². The van der Waals surface area contributed by atoms with E-state index < -0.39 is 0 Å². The van der Waals surface area contributed by atoms with E-state index in [0.717, 1.165) is 16.8 Å². The zero-order chi connectivity index (χ0) is 15.8. The van der Waals surface area contributed by atoms with Crippen molar-refractivity contribution in [2.45, 2.75) is 6.04 Å². The fraction of sp³-hybridized carbons (Fsp3) is 0.0625. The van der Waals surface area contributed by atoms with Crippen molar-refractivity contribution in [2.75, 3.05) is 5.32 Å². The van der Waals surface area contributed by atoms with Gasteiger partial charge in [0.1, 0.15) is 6.04 Å². The van der Waals surface area contributed by atoms with Crippen molar-refractivity contribution >= 4 is 34.8 Å². The van der Waals surface area contributed by atoms with Crippen LogP contribution in [-0.4, -0.2) is 20.2 Å². The van der Waals surface area contributed by atoms with Crippen LogP contribution in [0, 0.1) is 0 Å². The lowest BCUT2D eigenvalue weighted by Crippen LogP contribution is -2.20. The Labute approximate surface area is 142 Å². The maximum absolute atomic E-state index is 6.39. The third-order valence-corrected chi connectivity index (χ3v) is 4.55. The SMILES string of the molecule is Clc1cccc([C@@H]2C=C(c3ccccc3)Nc3nnnn32)c1Cl. The average Bonchev–Trinajstić information content (AvgIpc) is 3.06. The van der Waals surface area contributed by atoms with Gasteiger partial charge in [-0.3, -0.25) is 0 Å². The van der Waals surface area contributed by atoms with Crippen LogP contribution in [0.15, 0.2) is 54.6 Å². The number of halogens is 2. The fourth-order valence-electron chi connectivity index (χ4n) is 2.61. The van der Waals surface area contributed by atoms with Crippen molar-refractivity contribution in [3.8, 4) is 0 Å². The van der Waals surface area contributed by atoms with Gasteiger partial charge in [-0.25, -0.2) is 0 Å². The highest BCUT2D eigenvalue weighted by Crippen LogP contribution is 2.37. The molecule has 0 bridgehead atoms. The van der Waals surface area contributed by atoms with Crippen molar-refractivity contribution in [3.63, 3.8) is 0 Å². The van der Waals surface area contributed by atoms with Crippen LogP contribution in [0.2, 0.25) is 10.0 Å². The molecule has 5 nitrogen and oxygen atoms in total. The first-order valence-electron chi connectivity index (χ1n) is 7.00. The first-order chi connectivity index (χ1) is 11.2. The normalized spacial score (nSPS) is 16.4. The number of rotatable bonds is 2. The standard InChI is InChI=1S/C16H11Cl2N5/c17-12-8-4-7-11(15(12)18)14-9-13(10-5-2-1-3-6-10)19-16-20-21-22-23(14)16/h1-9,14H,(H,19,20,22)/t14-/m0/s1. The smallest absolute Gasteiger partial charge is 0.248 e. The molecule has 0 saturated heterocycles. The number of aromatic nitrogens is 4. The number of anilines is 1. The molecule has 0 spiro atoms. The lowest BCUT2D eigenvalue weighted by molar-refractivity contribution is 0.586. The lowest BCUT2D eigenvalue weighted by atomic mass is 10.0. The Morgan fingerprint density at radius 2 is 1.83 bits per heavy atom. The third kappa shape index (κ3) is 2.48. The van der Waals surface area contributed by atoms with Crippen molar-refractivity contribution in [3.05, 3.63) is 75.8 Å². The summed E-state index contributed by atoms with van der Waals surface area (Å²) < 4.78 is 1.68. The van der Waals surface area contributed by atoms with E-state index >= 15 is 0 Å². The van der Waals surface area contributed by atoms with Gasteiger partial charge in [-0.05, 0) is 28.1 Å². The minimum absolute atomic E-state index is 0.234. The molecule has 0 aliphatic carbocycles. The van der Waals surface area contributed by atoms with Crippen LogP contribution >= 0.6 is 23.2 Å². The van der Waals surface area contributed by atoms with Gasteiger partial charge >= 0.3 is 0 Å². The van der Waals surface area contributed by atoms with E-state index in [2.05, 4.69) is 20.8 Å². The molecule has 3 aromatic rings. The molecule has 4 rings (SSSR count). The van der Waals surface area contributed by atoms with Crippen LogP contribution in [0.25, 0.3) is 5.70 Å². The van der Waals surface area contributed by atoms with E-state index in [1.165, 1.54) is 0 Å². The van der Waals surface area contributed by atoms with Crippen molar-refractivity contribution in [1.29, 1.82) is 0 Å². The minimum Gasteiger partial charge on any atom is -0.323 e. The average molecular weight is 344 g/mol. The summed E-state index contributed by atoms with van der Waals surface area (Å²) in [7, 11) is 0. The summed E-state index contributed by atoms with van der Waals surface area (Å²) in [5.41, 5.74) is 2.82. The summed E-state index contributed by atoms with van der Waals surface area (Å²) in [5.74, 6) is 0.562. The van der Waals surface area contributed by atoms with Gasteiger partial charge in [-0.1, -0.05) is 70.8 Å². The molecule has 0 amide bonds. The quantitative estimate of drug-likeness (QED) is 0.762. The maximum Gasteiger partial charge on any atom is 0.248 e. The van der Waals surface area contributed by atoms with Crippen LogP contribution in [0.3, 0.4) is 0 Å². The Bertz CT molecular complexity index is 888. The van der Waals surface area contributed by atoms with Gasteiger partial charge in [0.05, 0.1) is 10.0 Å². The zero-order valence-corrected chi connectivity index (χ0v) is 13.3. The Kier molecular flexibility index (Phi) is 3.52. The number of hydrogen-bond donors (Lipinski definition) is 1. The second-order valence-electron chi connectivity index (χ2n) is 5.11. The summed E-state index contributed by atoms with van der Waals surface area (Å²) in [6, 6.07) is 15.3. The van der Waals surface area contributed by atoms with E-state index in [1.54, 1.807) is 10.7 Å². The summed E-state index contributed by atoms with van der Waals surface area (Å²) >= 11 is 12.5. The molecule has 114 valence electrons. The molecule has 1 aliphatic heterocycles. The summed E-state index contributed by atoms with van der Waals surface area (Å²) in [4.78, 5) is 0. The number of benzene rings is 2. The molecule has 23 heavy (non-hydrogen) atoms. The van der Waals surface area contributed by atoms with Gasteiger partial charge < -0.3 is 5.32 Å². The second-order valence-corrected chi connectivity index (χ2v) is 5.89. The van der Waals surface area contributed by atoms with Crippen LogP contribution in [0.1, 0.15) is 17.2 Å². The fourth-order valence-corrected chi connectivity index (χ4v) is 3.03.